The lowest BCUT2D eigenvalue weighted by Crippen LogP contribution is -2.47. The summed E-state index contributed by atoms with van der Waals surface area (Å²) in [5.74, 6) is 0.162. The van der Waals surface area contributed by atoms with Crippen LogP contribution in [0, 0.1) is 13.8 Å². The number of nitrogens with one attached hydrogen (secondary N) is 1. The largest absolute Gasteiger partial charge is 0.479 e. The number of ether oxygens (including phenoxy) is 1. The first-order valence-corrected chi connectivity index (χ1v) is 7.90. The van der Waals surface area contributed by atoms with Crippen molar-refractivity contribution >= 4 is 23.2 Å². The maximum Gasteiger partial charge on any atom is 0.268 e. The zero-order chi connectivity index (χ0) is 17.3. The summed E-state index contributed by atoms with van der Waals surface area (Å²) in [5.41, 5.74) is 3.51. The Kier molecular flexibility index (Phi) is 4.25. The number of para-hydroxylation sites is 2. The monoisotopic (exact) mass is 324 g/mol. The van der Waals surface area contributed by atoms with Gasteiger partial charge in [0.1, 0.15) is 12.3 Å². The molecule has 0 aromatic heterocycles. The Bertz CT molecular complexity index is 801. The Balaban J connectivity index is 1.81. The van der Waals surface area contributed by atoms with E-state index >= 15 is 0 Å². The minimum Gasteiger partial charge on any atom is -0.479 e. The number of benzene rings is 2. The number of carbonyl (C=O) groups is 2. The molecule has 0 aliphatic carbocycles. The van der Waals surface area contributed by atoms with Crippen molar-refractivity contribution in [3.63, 3.8) is 0 Å². The van der Waals surface area contributed by atoms with Crippen molar-refractivity contribution in [2.45, 2.75) is 26.9 Å². The molecule has 0 radical (unpaired) electrons. The first-order valence-electron chi connectivity index (χ1n) is 7.90. The molecule has 2 aromatic rings. The summed E-state index contributed by atoms with van der Waals surface area (Å²) in [6, 6.07) is 13.0. The van der Waals surface area contributed by atoms with Gasteiger partial charge in [0.2, 0.25) is 5.91 Å². The van der Waals surface area contributed by atoms with Crippen molar-refractivity contribution in [1.82, 2.24) is 0 Å². The number of rotatable bonds is 3. The van der Waals surface area contributed by atoms with Gasteiger partial charge in [0.05, 0.1) is 5.69 Å². The molecule has 1 aliphatic rings. The van der Waals surface area contributed by atoms with Crippen LogP contribution in [0.4, 0.5) is 11.4 Å². The topological polar surface area (TPSA) is 58.6 Å². The van der Waals surface area contributed by atoms with Gasteiger partial charge in [-0.05, 0) is 50.1 Å². The molecule has 1 N–H and O–H groups in total. The molecule has 0 saturated carbocycles. The third-order valence-corrected chi connectivity index (χ3v) is 4.25. The molecule has 1 aliphatic heterocycles. The fraction of sp³-hybridized carbons (Fsp3) is 0.263. The van der Waals surface area contributed by atoms with Crippen LogP contribution in [0.25, 0.3) is 0 Å². The van der Waals surface area contributed by atoms with Crippen molar-refractivity contribution < 1.29 is 14.3 Å². The average molecular weight is 324 g/mol. The molecule has 124 valence electrons. The van der Waals surface area contributed by atoms with Gasteiger partial charge in [-0.2, -0.15) is 0 Å². The normalized spacial score (nSPS) is 16.4. The molecule has 0 spiro atoms. The zero-order valence-electron chi connectivity index (χ0n) is 14.0. The minimum absolute atomic E-state index is 0.0447. The molecule has 5 heteroatoms. The van der Waals surface area contributed by atoms with E-state index < -0.39 is 6.10 Å². The molecule has 0 bridgehead atoms. The summed E-state index contributed by atoms with van der Waals surface area (Å²) < 4.78 is 5.59. The summed E-state index contributed by atoms with van der Waals surface area (Å²) >= 11 is 0. The predicted octanol–water partition coefficient (Wildman–Crippen LogP) is 3.06. The summed E-state index contributed by atoms with van der Waals surface area (Å²) in [4.78, 5) is 26.4. The van der Waals surface area contributed by atoms with Gasteiger partial charge in [0, 0.05) is 5.69 Å². The Labute approximate surface area is 141 Å². The number of aryl methyl sites for hydroxylation is 1. The Morgan fingerprint density at radius 3 is 2.71 bits per heavy atom. The van der Waals surface area contributed by atoms with Crippen LogP contribution in [0.1, 0.15) is 18.1 Å². The van der Waals surface area contributed by atoms with Crippen molar-refractivity contribution in [2.24, 2.45) is 0 Å². The van der Waals surface area contributed by atoms with Gasteiger partial charge in [0.25, 0.3) is 5.91 Å². The standard InChI is InChI=1S/C19H20N2O3/c1-12-7-6-8-15(13(12)2)20-18(22)11-21-16-9-4-5-10-17(16)24-14(3)19(21)23/h4-10,14H,11H2,1-3H3,(H,20,22). The van der Waals surface area contributed by atoms with E-state index in [-0.39, 0.29) is 18.4 Å². The molecule has 1 unspecified atom stereocenters. The van der Waals surface area contributed by atoms with Crippen LogP contribution in [0.5, 0.6) is 5.75 Å². The van der Waals surface area contributed by atoms with E-state index in [1.165, 1.54) is 4.90 Å². The Hall–Kier alpha value is -2.82. The van der Waals surface area contributed by atoms with Gasteiger partial charge >= 0.3 is 0 Å². The summed E-state index contributed by atoms with van der Waals surface area (Å²) in [6.07, 6.45) is -0.603. The summed E-state index contributed by atoms with van der Waals surface area (Å²) in [6.45, 7) is 5.60. The molecule has 0 fully saturated rings. The Morgan fingerprint density at radius 1 is 1.17 bits per heavy atom. The fourth-order valence-corrected chi connectivity index (χ4v) is 2.74. The molecule has 0 saturated heterocycles. The highest BCUT2D eigenvalue weighted by Crippen LogP contribution is 2.33. The second-order valence-corrected chi connectivity index (χ2v) is 5.95. The lowest BCUT2D eigenvalue weighted by atomic mass is 10.1. The van der Waals surface area contributed by atoms with Crippen LogP contribution in [-0.2, 0) is 9.59 Å². The second-order valence-electron chi connectivity index (χ2n) is 5.95. The van der Waals surface area contributed by atoms with Gasteiger partial charge in [-0.25, -0.2) is 0 Å². The fourth-order valence-electron chi connectivity index (χ4n) is 2.74. The maximum atomic E-state index is 12.5. The highest BCUT2D eigenvalue weighted by Gasteiger charge is 2.32. The number of hydrogen-bond acceptors (Lipinski definition) is 3. The molecular formula is C19H20N2O3. The number of carbonyl (C=O) groups excluding carboxylic acids is 2. The van der Waals surface area contributed by atoms with E-state index in [9.17, 15) is 9.59 Å². The highest BCUT2D eigenvalue weighted by molar-refractivity contribution is 6.06. The first kappa shape index (κ1) is 16.1. The first-order chi connectivity index (χ1) is 11.5. The predicted molar refractivity (Wildman–Crippen MR) is 93.4 cm³/mol. The summed E-state index contributed by atoms with van der Waals surface area (Å²) in [5, 5.41) is 2.89. The summed E-state index contributed by atoms with van der Waals surface area (Å²) in [7, 11) is 0. The van der Waals surface area contributed by atoms with Crippen molar-refractivity contribution in [1.29, 1.82) is 0 Å². The maximum absolute atomic E-state index is 12.5. The zero-order valence-corrected chi connectivity index (χ0v) is 14.0. The second kappa shape index (κ2) is 6.35. The third kappa shape index (κ3) is 2.97. The van der Waals surface area contributed by atoms with Gasteiger partial charge < -0.3 is 10.1 Å². The van der Waals surface area contributed by atoms with Crippen LogP contribution in [-0.4, -0.2) is 24.5 Å². The Morgan fingerprint density at radius 2 is 1.92 bits per heavy atom. The van der Waals surface area contributed by atoms with Crippen LogP contribution >= 0.6 is 0 Å². The van der Waals surface area contributed by atoms with E-state index in [0.717, 1.165) is 16.8 Å². The number of fused-ring (bicyclic) bond motifs is 1. The SMILES string of the molecule is Cc1cccc(NC(=O)CN2C(=O)C(C)Oc3ccccc32)c1C. The highest BCUT2D eigenvalue weighted by atomic mass is 16.5. The van der Waals surface area contributed by atoms with Crippen molar-refractivity contribution in [2.75, 3.05) is 16.8 Å². The van der Waals surface area contributed by atoms with Gasteiger partial charge in [-0.15, -0.1) is 0 Å². The molecule has 1 atom stereocenters. The number of anilines is 2. The van der Waals surface area contributed by atoms with E-state index in [1.54, 1.807) is 19.1 Å². The lowest BCUT2D eigenvalue weighted by molar-refractivity contribution is -0.127. The number of hydrogen-bond donors (Lipinski definition) is 1. The molecule has 1 heterocycles. The van der Waals surface area contributed by atoms with Gasteiger partial charge in [-0.3, -0.25) is 14.5 Å². The third-order valence-electron chi connectivity index (χ3n) is 4.25. The smallest absolute Gasteiger partial charge is 0.268 e. The van der Waals surface area contributed by atoms with Gasteiger partial charge in [-0.1, -0.05) is 24.3 Å². The van der Waals surface area contributed by atoms with Crippen LogP contribution in [0.2, 0.25) is 0 Å². The lowest BCUT2D eigenvalue weighted by Gasteiger charge is -2.32. The minimum atomic E-state index is -0.603. The van der Waals surface area contributed by atoms with E-state index in [0.29, 0.717) is 11.4 Å². The molecule has 2 aromatic carbocycles. The average Bonchev–Trinajstić information content (AvgIpc) is 2.56. The van der Waals surface area contributed by atoms with E-state index in [1.807, 2.05) is 44.2 Å². The molecule has 3 rings (SSSR count). The van der Waals surface area contributed by atoms with Crippen LogP contribution in [0.15, 0.2) is 42.5 Å². The molecule has 5 nitrogen and oxygen atoms in total. The quantitative estimate of drug-likeness (QED) is 0.944. The number of nitrogens with zero attached hydrogens (tertiary/aromatic N) is 1. The van der Waals surface area contributed by atoms with Crippen LogP contribution < -0.4 is 15.0 Å². The molecular weight excluding hydrogens is 304 g/mol. The van der Waals surface area contributed by atoms with E-state index in [2.05, 4.69) is 5.32 Å². The van der Waals surface area contributed by atoms with Crippen molar-refractivity contribution in [3.05, 3.63) is 53.6 Å². The number of amides is 2. The van der Waals surface area contributed by atoms with Crippen LogP contribution in [0.3, 0.4) is 0 Å². The molecule has 24 heavy (non-hydrogen) atoms. The molecule has 2 amide bonds. The van der Waals surface area contributed by atoms with E-state index in [4.69, 9.17) is 4.74 Å². The van der Waals surface area contributed by atoms with Gasteiger partial charge in [0.15, 0.2) is 6.10 Å². The van der Waals surface area contributed by atoms with Crippen molar-refractivity contribution in [3.8, 4) is 5.75 Å².